The van der Waals surface area contributed by atoms with Crippen LogP contribution in [-0.4, -0.2) is 32.9 Å². The first kappa shape index (κ1) is 18.3. The molecule has 3 aromatic rings. The molecule has 6 nitrogen and oxygen atoms in total. The summed E-state index contributed by atoms with van der Waals surface area (Å²) in [6, 6.07) is 19.3. The van der Waals surface area contributed by atoms with Gasteiger partial charge in [0.05, 0.1) is 27.0 Å². The Bertz CT molecular complexity index is 965. The first-order valence-corrected chi connectivity index (χ1v) is 8.47. The average Bonchev–Trinajstić information content (AvgIpc) is 2.72. The van der Waals surface area contributed by atoms with E-state index >= 15 is 0 Å². The molecule has 2 N–H and O–H groups in total. The van der Waals surface area contributed by atoms with Crippen LogP contribution in [0.25, 0.3) is 10.8 Å². The molecule has 0 radical (unpaired) electrons. The van der Waals surface area contributed by atoms with Crippen molar-refractivity contribution in [2.45, 2.75) is 0 Å². The summed E-state index contributed by atoms with van der Waals surface area (Å²) < 4.78 is 10.5. The highest BCUT2D eigenvalue weighted by molar-refractivity contribution is 5.95. The number of nitrogens with one attached hydrogen (secondary N) is 2. The SMILES string of the molecule is COc1ccc(OC)c(C=NNC(=O)CNc2cccc3ccccc23)c1. The zero-order chi connectivity index (χ0) is 19.1. The molecule has 138 valence electrons. The van der Waals surface area contributed by atoms with Crippen LogP contribution in [0.3, 0.4) is 0 Å². The van der Waals surface area contributed by atoms with Crippen LogP contribution in [0.4, 0.5) is 5.69 Å². The van der Waals surface area contributed by atoms with Gasteiger partial charge in [-0.25, -0.2) is 5.43 Å². The Kier molecular flexibility index (Phi) is 5.89. The molecular weight excluding hydrogens is 342 g/mol. The summed E-state index contributed by atoms with van der Waals surface area (Å²) in [7, 11) is 3.16. The van der Waals surface area contributed by atoms with Crippen LogP contribution in [0.2, 0.25) is 0 Å². The van der Waals surface area contributed by atoms with E-state index in [1.165, 1.54) is 6.21 Å². The predicted octanol–water partition coefficient (Wildman–Crippen LogP) is 3.42. The molecule has 1 amide bonds. The van der Waals surface area contributed by atoms with Gasteiger partial charge in [0.1, 0.15) is 11.5 Å². The second kappa shape index (κ2) is 8.71. The molecule has 0 heterocycles. The molecule has 0 aliphatic heterocycles. The van der Waals surface area contributed by atoms with Gasteiger partial charge in [0, 0.05) is 16.6 Å². The van der Waals surface area contributed by atoms with Gasteiger partial charge in [-0.05, 0) is 29.7 Å². The number of carbonyl (C=O) groups excluding carboxylic acids is 1. The van der Waals surface area contributed by atoms with Crippen molar-refractivity contribution < 1.29 is 14.3 Å². The molecule has 0 saturated carbocycles. The smallest absolute Gasteiger partial charge is 0.259 e. The Labute approximate surface area is 157 Å². The molecule has 3 rings (SSSR count). The van der Waals surface area contributed by atoms with E-state index in [2.05, 4.69) is 15.8 Å². The zero-order valence-corrected chi connectivity index (χ0v) is 15.2. The molecule has 0 aliphatic carbocycles. The molecule has 0 bridgehead atoms. The maximum absolute atomic E-state index is 12.1. The van der Waals surface area contributed by atoms with Crippen LogP contribution >= 0.6 is 0 Å². The summed E-state index contributed by atoms with van der Waals surface area (Å²) in [6.45, 7) is 0.112. The van der Waals surface area contributed by atoms with E-state index in [-0.39, 0.29) is 12.5 Å². The van der Waals surface area contributed by atoms with E-state index < -0.39 is 0 Å². The van der Waals surface area contributed by atoms with Crippen LogP contribution in [-0.2, 0) is 4.79 Å². The summed E-state index contributed by atoms with van der Waals surface area (Å²) in [4.78, 5) is 12.1. The standard InChI is InChI=1S/C21H21N3O3/c1-26-17-10-11-20(27-2)16(12-17)13-23-24-21(25)14-22-19-9-5-7-15-6-3-4-8-18(15)19/h3-13,22H,14H2,1-2H3,(H,24,25). The Morgan fingerprint density at radius 1 is 1.04 bits per heavy atom. The molecule has 6 heteroatoms. The van der Waals surface area contributed by atoms with Crippen LogP contribution in [0.5, 0.6) is 11.5 Å². The van der Waals surface area contributed by atoms with E-state index in [4.69, 9.17) is 9.47 Å². The van der Waals surface area contributed by atoms with Crippen molar-refractivity contribution in [3.05, 3.63) is 66.2 Å². The monoisotopic (exact) mass is 363 g/mol. The molecule has 0 spiro atoms. The number of hydrogen-bond acceptors (Lipinski definition) is 5. The minimum atomic E-state index is -0.249. The lowest BCUT2D eigenvalue weighted by Gasteiger charge is -2.09. The lowest BCUT2D eigenvalue weighted by atomic mass is 10.1. The van der Waals surface area contributed by atoms with Gasteiger partial charge in [-0.15, -0.1) is 0 Å². The Balaban J connectivity index is 1.61. The summed E-state index contributed by atoms with van der Waals surface area (Å²) in [5.74, 6) is 1.07. The fraction of sp³-hybridized carbons (Fsp3) is 0.143. The second-order valence-electron chi connectivity index (χ2n) is 5.78. The molecule has 0 unspecified atom stereocenters. The number of ether oxygens (including phenoxy) is 2. The summed E-state index contributed by atoms with van der Waals surface area (Å²) >= 11 is 0. The largest absolute Gasteiger partial charge is 0.497 e. The molecule has 0 atom stereocenters. The van der Waals surface area contributed by atoms with E-state index in [0.29, 0.717) is 17.1 Å². The Hall–Kier alpha value is -3.54. The third-order valence-electron chi connectivity index (χ3n) is 4.06. The number of hydrogen-bond donors (Lipinski definition) is 2. The van der Waals surface area contributed by atoms with E-state index in [0.717, 1.165) is 16.5 Å². The Morgan fingerprint density at radius 2 is 1.85 bits per heavy atom. The number of nitrogens with zero attached hydrogens (tertiary/aromatic N) is 1. The van der Waals surface area contributed by atoms with Crippen molar-refractivity contribution in [3.63, 3.8) is 0 Å². The van der Waals surface area contributed by atoms with Gasteiger partial charge in [0.2, 0.25) is 0 Å². The number of amides is 1. The minimum Gasteiger partial charge on any atom is -0.497 e. The number of rotatable bonds is 7. The number of hydrazone groups is 1. The van der Waals surface area contributed by atoms with E-state index in [1.54, 1.807) is 32.4 Å². The number of fused-ring (bicyclic) bond motifs is 1. The molecule has 3 aromatic carbocycles. The lowest BCUT2D eigenvalue weighted by Crippen LogP contribution is -2.25. The molecule has 0 saturated heterocycles. The summed E-state index contributed by atoms with van der Waals surface area (Å²) in [6.07, 6.45) is 1.52. The topological polar surface area (TPSA) is 72.0 Å². The molecule has 0 aromatic heterocycles. The average molecular weight is 363 g/mol. The van der Waals surface area contributed by atoms with E-state index in [9.17, 15) is 4.79 Å². The highest BCUT2D eigenvalue weighted by Gasteiger charge is 2.05. The quantitative estimate of drug-likeness (QED) is 0.498. The van der Waals surface area contributed by atoms with Crippen LogP contribution < -0.4 is 20.2 Å². The molecule has 27 heavy (non-hydrogen) atoms. The van der Waals surface area contributed by atoms with Gasteiger partial charge in [-0.2, -0.15) is 5.10 Å². The van der Waals surface area contributed by atoms with Crippen LogP contribution in [0, 0.1) is 0 Å². The molecule has 0 fully saturated rings. The van der Waals surface area contributed by atoms with Gasteiger partial charge >= 0.3 is 0 Å². The molecule has 0 aliphatic rings. The third-order valence-corrected chi connectivity index (χ3v) is 4.06. The second-order valence-corrected chi connectivity index (χ2v) is 5.78. The van der Waals surface area contributed by atoms with Gasteiger partial charge in [-0.1, -0.05) is 36.4 Å². The van der Waals surface area contributed by atoms with Gasteiger partial charge in [-0.3, -0.25) is 4.79 Å². The predicted molar refractivity (Wildman–Crippen MR) is 108 cm³/mol. The van der Waals surface area contributed by atoms with Gasteiger partial charge in [0.15, 0.2) is 0 Å². The van der Waals surface area contributed by atoms with Crippen molar-refractivity contribution in [1.82, 2.24) is 5.43 Å². The van der Waals surface area contributed by atoms with Crippen molar-refractivity contribution in [2.75, 3.05) is 26.1 Å². The number of anilines is 1. The van der Waals surface area contributed by atoms with E-state index in [1.807, 2.05) is 42.5 Å². The normalized spacial score (nSPS) is 10.7. The van der Waals surface area contributed by atoms with Crippen LogP contribution in [0.1, 0.15) is 5.56 Å². The van der Waals surface area contributed by atoms with Gasteiger partial charge < -0.3 is 14.8 Å². The van der Waals surface area contributed by atoms with Crippen molar-refractivity contribution >= 4 is 28.6 Å². The highest BCUT2D eigenvalue weighted by atomic mass is 16.5. The summed E-state index contributed by atoms with van der Waals surface area (Å²) in [5.41, 5.74) is 4.12. The highest BCUT2D eigenvalue weighted by Crippen LogP contribution is 2.23. The third kappa shape index (κ3) is 4.55. The maximum atomic E-state index is 12.1. The van der Waals surface area contributed by atoms with Crippen molar-refractivity contribution in [3.8, 4) is 11.5 Å². The first-order chi connectivity index (χ1) is 13.2. The van der Waals surface area contributed by atoms with Crippen molar-refractivity contribution in [1.29, 1.82) is 0 Å². The fourth-order valence-electron chi connectivity index (χ4n) is 2.71. The number of benzene rings is 3. The number of carbonyl (C=O) groups is 1. The lowest BCUT2D eigenvalue weighted by molar-refractivity contribution is -0.119. The Morgan fingerprint density at radius 3 is 2.67 bits per heavy atom. The van der Waals surface area contributed by atoms with Gasteiger partial charge in [0.25, 0.3) is 5.91 Å². The summed E-state index contributed by atoms with van der Waals surface area (Å²) in [5, 5.41) is 9.33. The first-order valence-electron chi connectivity index (χ1n) is 8.47. The van der Waals surface area contributed by atoms with Crippen LogP contribution in [0.15, 0.2) is 65.8 Å². The maximum Gasteiger partial charge on any atom is 0.259 e. The minimum absolute atomic E-state index is 0.112. The fourth-order valence-corrected chi connectivity index (χ4v) is 2.71. The van der Waals surface area contributed by atoms with Crippen molar-refractivity contribution in [2.24, 2.45) is 5.10 Å². The molecular formula is C21H21N3O3. The number of methoxy groups -OCH3 is 2. The zero-order valence-electron chi connectivity index (χ0n) is 15.2.